The monoisotopic (exact) mass is 321 g/mol. The van der Waals surface area contributed by atoms with Gasteiger partial charge < -0.3 is 15.7 Å². The highest BCUT2D eigenvalue weighted by Gasteiger charge is 2.13. The zero-order chi connectivity index (χ0) is 15.2. The Labute approximate surface area is 122 Å². The molecule has 0 amide bonds. The van der Waals surface area contributed by atoms with Crippen LogP contribution in [-0.4, -0.2) is 38.9 Å². The van der Waals surface area contributed by atoms with E-state index >= 15 is 0 Å². The van der Waals surface area contributed by atoms with Crippen molar-refractivity contribution in [1.29, 1.82) is 0 Å². The Bertz CT molecular complexity index is 589. The molecule has 0 unspecified atom stereocenters. The van der Waals surface area contributed by atoms with Gasteiger partial charge in [0.25, 0.3) is 0 Å². The third-order valence-corrected chi connectivity index (χ3v) is 4.07. The first-order valence-corrected chi connectivity index (χ1v) is 7.69. The van der Waals surface area contributed by atoms with Gasteiger partial charge in [-0.3, -0.25) is 4.72 Å². The largest absolute Gasteiger partial charge is 0.409 e. The molecule has 4 N–H and O–H groups in total. The summed E-state index contributed by atoms with van der Waals surface area (Å²) in [5.41, 5.74) is 6.03. The molecule has 0 radical (unpaired) electrons. The minimum absolute atomic E-state index is 0.0703. The molecular formula is C11H16ClN3O4S. The number of anilines is 1. The quantitative estimate of drug-likeness (QED) is 0.230. The zero-order valence-electron chi connectivity index (χ0n) is 10.8. The van der Waals surface area contributed by atoms with Crippen LogP contribution in [0.1, 0.15) is 12.0 Å². The van der Waals surface area contributed by atoms with Gasteiger partial charge in [0.1, 0.15) is 0 Å². The predicted octanol–water partition coefficient (Wildman–Crippen LogP) is 1.21. The Balaban J connectivity index is 2.83. The van der Waals surface area contributed by atoms with E-state index in [9.17, 15) is 8.42 Å². The van der Waals surface area contributed by atoms with E-state index in [-0.39, 0.29) is 22.3 Å². The van der Waals surface area contributed by atoms with Crippen molar-refractivity contribution in [1.82, 2.24) is 0 Å². The Kier molecular flexibility index (Phi) is 6.05. The third-order valence-electron chi connectivity index (χ3n) is 2.40. The summed E-state index contributed by atoms with van der Waals surface area (Å²) >= 11 is 5.95. The van der Waals surface area contributed by atoms with Crippen LogP contribution >= 0.6 is 11.6 Å². The highest BCUT2D eigenvalue weighted by molar-refractivity contribution is 7.92. The summed E-state index contributed by atoms with van der Waals surface area (Å²) in [6.45, 7) is 0.358. The number of nitrogens with zero attached hydrogens (tertiary/aromatic N) is 1. The summed E-state index contributed by atoms with van der Waals surface area (Å²) in [5, 5.41) is 11.5. The van der Waals surface area contributed by atoms with Gasteiger partial charge in [0.2, 0.25) is 10.0 Å². The molecule has 0 aliphatic carbocycles. The van der Waals surface area contributed by atoms with E-state index < -0.39 is 10.0 Å². The molecule has 0 heterocycles. The maximum atomic E-state index is 11.8. The van der Waals surface area contributed by atoms with Crippen LogP contribution in [0.3, 0.4) is 0 Å². The van der Waals surface area contributed by atoms with Crippen molar-refractivity contribution in [3.63, 3.8) is 0 Å². The van der Waals surface area contributed by atoms with Gasteiger partial charge in [-0.05, 0) is 24.6 Å². The second-order valence-electron chi connectivity index (χ2n) is 3.95. The minimum atomic E-state index is -3.49. The van der Waals surface area contributed by atoms with Gasteiger partial charge >= 0.3 is 0 Å². The normalized spacial score (nSPS) is 12.4. The molecule has 0 saturated heterocycles. The number of nitrogens with one attached hydrogen (secondary N) is 1. The van der Waals surface area contributed by atoms with E-state index in [0.29, 0.717) is 18.6 Å². The molecule has 0 aliphatic rings. The SMILES string of the molecule is COCCCS(=O)(=O)Nc1ccc(/C(N)=N/O)cc1Cl. The molecule has 1 aromatic rings. The fourth-order valence-corrected chi connectivity index (χ4v) is 2.82. The second kappa shape index (κ2) is 7.32. The van der Waals surface area contributed by atoms with E-state index in [0.717, 1.165) is 0 Å². The average molecular weight is 322 g/mol. The molecule has 1 aromatic carbocycles. The Morgan fingerprint density at radius 3 is 2.80 bits per heavy atom. The van der Waals surface area contributed by atoms with Crippen molar-refractivity contribution < 1.29 is 18.4 Å². The number of amidine groups is 1. The topological polar surface area (TPSA) is 114 Å². The van der Waals surface area contributed by atoms with E-state index in [1.54, 1.807) is 0 Å². The predicted molar refractivity (Wildman–Crippen MR) is 77.9 cm³/mol. The van der Waals surface area contributed by atoms with E-state index in [2.05, 4.69) is 9.88 Å². The van der Waals surface area contributed by atoms with Crippen LogP contribution in [0.2, 0.25) is 5.02 Å². The molecular weight excluding hydrogens is 306 g/mol. The second-order valence-corrected chi connectivity index (χ2v) is 6.20. The van der Waals surface area contributed by atoms with Crippen LogP contribution < -0.4 is 10.5 Å². The number of benzene rings is 1. The van der Waals surface area contributed by atoms with Gasteiger partial charge in [0, 0.05) is 19.3 Å². The number of halogens is 1. The highest BCUT2D eigenvalue weighted by atomic mass is 35.5. The number of hydrogen-bond donors (Lipinski definition) is 3. The lowest BCUT2D eigenvalue weighted by atomic mass is 10.2. The smallest absolute Gasteiger partial charge is 0.232 e. The number of sulfonamides is 1. The number of rotatable bonds is 7. The molecule has 112 valence electrons. The van der Waals surface area contributed by atoms with Gasteiger partial charge in [0.05, 0.1) is 16.5 Å². The van der Waals surface area contributed by atoms with Crippen LogP contribution in [0.15, 0.2) is 23.4 Å². The fourth-order valence-electron chi connectivity index (χ4n) is 1.43. The molecule has 1 rings (SSSR count). The minimum Gasteiger partial charge on any atom is -0.409 e. The summed E-state index contributed by atoms with van der Waals surface area (Å²) in [6.07, 6.45) is 0.381. The fraction of sp³-hybridized carbons (Fsp3) is 0.364. The maximum Gasteiger partial charge on any atom is 0.232 e. The van der Waals surface area contributed by atoms with E-state index in [1.165, 1.54) is 25.3 Å². The molecule has 7 nitrogen and oxygen atoms in total. The number of methoxy groups -OCH3 is 1. The van der Waals surface area contributed by atoms with Crippen molar-refractivity contribution >= 4 is 33.1 Å². The Morgan fingerprint density at radius 1 is 1.55 bits per heavy atom. The lowest BCUT2D eigenvalue weighted by Gasteiger charge is -2.10. The standard InChI is InChI=1S/C11H16ClN3O4S/c1-19-5-2-6-20(17,18)15-10-4-3-8(7-9(10)12)11(13)14-16/h3-4,7,15-16H,2,5-6H2,1H3,(H2,13,14). The molecule has 0 fully saturated rings. The Hall–Kier alpha value is -1.51. The van der Waals surface area contributed by atoms with Gasteiger partial charge in [-0.25, -0.2) is 8.42 Å². The van der Waals surface area contributed by atoms with Gasteiger partial charge in [-0.2, -0.15) is 0 Å². The van der Waals surface area contributed by atoms with Crippen molar-refractivity contribution in [3.05, 3.63) is 28.8 Å². The molecule has 0 spiro atoms. The van der Waals surface area contributed by atoms with Crippen LogP contribution in [0.4, 0.5) is 5.69 Å². The molecule has 20 heavy (non-hydrogen) atoms. The zero-order valence-corrected chi connectivity index (χ0v) is 12.4. The van der Waals surface area contributed by atoms with Crippen molar-refractivity contribution in [2.45, 2.75) is 6.42 Å². The molecule has 0 bridgehead atoms. The van der Waals surface area contributed by atoms with E-state index in [1.807, 2.05) is 0 Å². The van der Waals surface area contributed by atoms with Crippen LogP contribution in [0.25, 0.3) is 0 Å². The van der Waals surface area contributed by atoms with Gasteiger partial charge in [-0.1, -0.05) is 16.8 Å². The number of nitrogens with two attached hydrogens (primary N) is 1. The summed E-state index contributed by atoms with van der Waals surface area (Å²) in [5.74, 6) is -0.180. The Morgan fingerprint density at radius 2 is 2.25 bits per heavy atom. The van der Waals surface area contributed by atoms with Crippen molar-refractivity contribution in [2.75, 3.05) is 24.2 Å². The van der Waals surface area contributed by atoms with Gasteiger partial charge in [-0.15, -0.1) is 0 Å². The average Bonchev–Trinajstić information content (AvgIpc) is 2.40. The van der Waals surface area contributed by atoms with Crippen molar-refractivity contribution in [2.24, 2.45) is 10.9 Å². The van der Waals surface area contributed by atoms with Crippen LogP contribution in [0.5, 0.6) is 0 Å². The summed E-state index contributed by atoms with van der Waals surface area (Å²) in [6, 6.07) is 4.35. The first-order chi connectivity index (χ1) is 9.39. The summed E-state index contributed by atoms with van der Waals surface area (Å²) in [4.78, 5) is 0. The molecule has 0 saturated carbocycles. The third kappa shape index (κ3) is 4.87. The lowest BCUT2D eigenvalue weighted by molar-refractivity contribution is 0.199. The maximum absolute atomic E-state index is 11.8. The van der Waals surface area contributed by atoms with Crippen LogP contribution in [0, 0.1) is 0 Å². The van der Waals surface area contributed by atoms with Crippen LogP contribution in [-0.2, 0) is 14.8 Å². The summed E-state index contributed by atoms with van der Waals surface area (Å²) in [7, 11) is -1.99. The molecule has 0 aliphatic heterocycles. The van der Waals surface area contributed by atoms with Crippen molar-refractivity contribution in [3.8, 4) is 0 Å². The number of hydrogen-bond acceptors (Lipinski definition) is 5. The highest BCUT2D eigenvalue weighted by Crippen LogP contribution is 2.24. The van der Waals surface area contributed by atoms with Gasteiger partial charge in [0.15, 0.2) is 5.84 Å². The lowest BCUT2D eigenvalue weighted by Crippen LogP contribution is -2.18. The molecule has 9 heteroatoms. The first-order valence-electron chi connectivity index (χ1n) is 5.66. The number of oxime groups is 1. The molecule has 0 aromatic heterocycles. The molecule has 0 atom stereocenters. The van der Waals surface area contributed by atoms with E-state index in [4.69, 9.17) is 27.3 Å². The summed E-state index contributed by atoms with van der Waals surface area (Å²) < 4.78 is 30.7. The first kappa shape index (κ1) is 16.5. The number of ether oxygens (including phenoxy) is 1.